The first-order valence-corrected chi connectivity index (χ1v) is 4.94. The Bertz CT molecular complexity index is 545. The molecule has 5 heteroatoms. The number of hydrogen-bond donors (Lipinski definition) is 1. The van der Waals surface area contributed by atoms with E-state index >= 15 is 0 Å². The summed E-state index contributed by atoms with van der Waals surface area (Å²) in [5.41, 5.74) is 6.01. The molecule has 86 valence electrons. The summed E-state index contributed by atoms with van der Waals surface area (Å²) in [6.45, 7) is 0. The number of hydrogen-bond acceptors (Lipinski definition) is 4. The Balaban J connectivity index is 2.37. The minimum absolute atomic E-state index is 0.0761. The molecule has 1 amide bonds. The van der Waals surface area contributed by atoms with Crippen molar-refractivity contribution in [3.05, 3.63) is 41.0 Å². The first-order valence-electron chi connectivity index (χ1n) is 4.94. The Morgan fingerprint density at radius 1 is 1.29 bits per heavy atom. The number of rotatable bonds is 3. The van der Waals surface area contributed by atoms with Crippen LogP contribution in [0.25, 0.3) is 6.08 Å². The highest BCUT2D eigenvalue weighted by Gasteiger charge is 2.31. The van der Waals surface area contributed by atoms with Crippen molar-refractivity contribution in [1.82, 2.24) is 0 Å². The standard InChI is InChI=1S/C12H9NO4/c13-9(14)6-2-4-7-3-1-5-8-10(7)12(16)17-11(8)15/h1-5H,6H2,(H2,13,14). The van der Waals surface area contributed by atoms with Crippen molar-refractivity contribution in [1.29, 1.82) is 0 Å². The van der Waals surface area contributed by atoms with Crippen LogP contribution in [0.3, 0.4) is 0 Å². The fourth-order valence-electron chi connectivity index (χ4n) is 1.60. The summed E-state index contributed by atoms with van der Waals surface area (Å²) in [6, 6.07) is 4.83. The number of ether oxygens (including phenoxy) is 1. The topological polar surface area (TPSA) is 86.5 Å². The van der Waals surface area contributed by atoms with Gasteiger partial charge in [0.2, 0.25) is 5.91 Å². The molecule has 17 heavy (non-hydrogen) atoms. The Morgan fingerprint density at radius 2 is 2.06 bits per heavy atom. The second-order valence-corrected chi connectivity index (χ2v) is 3.52. The molecule has 0 fully saturated rings. The molecule has 0 spiro atoms. The van der Waals surface area contributed by atoms with Gasteiger partial charge in [0.25, 0.3) is 0 Å². The lowest BCUT2D eigenvalue weighted by molar-refractivity contribution is -0.117. The molecule has 5 nitrogen and oxygen atoms in total. The van der Waals surface area contributed by atoms with Crippen LogP contribution in [-0.2, 0) is 9.53 Å². The second kappa shape index (κ2) is 4.21. The van der Waals surface area contributed by atoms with Crippen molar-refractivity contribution in [3.8, 4) is 0 Å². The van der Waals surface area contributed by atoms with Crippen LogP contribution in [0.1, 0.15) is 32.7 Å². The van der Waals surface area contributed by atoms with Crippen LogP contribution in [0.4, 0.5) is 0 Å². The molecule has 0 saturated carbocycles. The Kier molecular flexibility index (Phi) is 2.74. The van der Waals surface area contributed by atoms with E-state index in [1.807, 2.05) is 0 Å². The third-order valence-electron chi connectivity index (χ3n) is 2.32. The maximum atomic E-state index is 11.4. The zero-order valence-electron chi connectivity index (χ0n) is 8.80. The maximum absolute atomic E-state index is 11.4. The number of primary amides is 1. The largest absolute Gasteiger partial charge is 0.386 e. The minimum Gasteiger partial charge on any atom is -0.386 e. The van der Waals surface area contributed by atoms with Crippen molar-refractivity contribution >= 4 is 23.9 Å². The Hall–Kier alpha value is -2.43. The second-order valence-electron chi connectivity index (χ2n) is 3.52. The van der Waals surface area contributed by atoms with Gasteiger partial charge in [-0.25, -0.2) is 9.59 Å². The van der Waals surface area contributed by atoms with E-state index < -0.39 is 17.8 Å². The summed E-state index contributed by atoms with van der Waals surface area (Å²) in [5.74, 6) is -1.77. The summed E-state index contributed by atoms with van der Waals surface area (Å²) in [4.78, 5) is 33.3. The van der Waals surface area contributed by atoms with Crippen LogP contribution in [-0.4, -0.2) is 17.8 Å². The predicted molar refractivity (Wildman–Crippen MR) is 59.0 cm³/mol. The molecule has 0 saturated heterocycles. The van der Waals surface area contributed by atoms with Crippen LogP contribution in [0, 0.1) is 0 Å². The molecule has 0 aromatic heterocycles. The molecule has 1 aromatic rings. The van der Waals surface area contributed by atoms with E-state index in [1.54, 1.807) is 18.2 Å². The smallest absolute Gasteiger partial charge is 0.347 e. The molecule has 0 radical (unpaired) electrons. The molecular weight excluding hydrogens is 222 g/mol. The number of carbonyl (C=O) groups is 3. The summed E-state index contributed by atoms with van der Waals surface area (Å²) in [7, 11) is 0. The van der Waals surface area contributed by atoms with Crippen LogP contribution >= 0.6 is 0 Å². The SMILES string of the molecule is NC(=O)CC=Cc1cccc2c1C(=O)OC2=O. The van der Waals surface area contributed by atoms with E-state index in [0.29, 0.717) is 5.56 Å². The monoisotopic (exact) mass is 231 g/mol. The van der Waals surface area contributed by atoms with E-state index in [0.717, 1.165) is 0 Å². The summed E-state index contributed by atoms with van der Waals surface area (Å²) in [6.07, 6.45) is 3.18. The zero-order valence-corrected chi connectivity index (χ0v) is 8.80. The average molecular weight is 231 g/mol. The number of esters is 2. The minimum atomic E-state index is -0.663. The first kappa shape index (κ1) is 11.1. The quantitative estimate of drug-likeness (QED) is 0.618. The number of fused-ring (bicyclic) bond motifs is 1. The van der Waals surface area contributed by atoms with Gasteiger partial charge in [-0.05, 0) is 11.6 Å². The third-order valence-corrected chi connectivity index (χ3v) is 2.32. The highest BCUT2D eigenvalue weighted by Crippen LogP contribution is 2.24. The molecular formula is C12H9NO4. The van der Waals surface area contributed by atoms with Crippen molar-refractivity contribution in [2.75, 3.05) is 0 Å². The van der Waals surface area contributed by atoms with Gasteiger partial charge in [-0.2, -0.15) is 0 Å². The highest BCUT2D eigenvalue weighted by molar-refractivity contribution is 6.16. The maximum Gasteiger partial charge on any atom is 0.347 e. The zero-order chi connectivity index (χ0) is 12.4. The number of amides is 1. The van der Waals surface area contributed by atoms with E-state index in [1.165, 1.54) is 12.1 Å². The molecule has 1 heterocycles. The molecule has 1 aromatic carbocycles. The molecule has 2 N–H and O–H groups in total. The third kappa shape index (κ3) is 2.08. The normalized spacial score (nSPS) is 13.9. The lowest BCUT2D eigenvalue weighted by atomic mass is 10.0. The van der Waals surface area contributed by atoms with Crippen LogP contribution in [0.2, 0.25) is 0 Å². The van der Waals surface area contributed by atoms with Crippen molar-refractivity contribution < 1.29 is 19.1 Å². The summed E-state index contributed by atoms with van der Waals surface area (Å²) >= 11 is 0. The molecule has 0 aliphatic carbocycles. The Morgan fingerprint density at radius 3 is 2.76 bits per heavy atom. The van der Waals surface area contributed by atoms with Crippen molar-refractivity contribution in [3.63, 3.8) is 0 Å². The van der Waals surface area contributed by atoms with E-state index in [4.69, 9.17) is 5.73 Å². The molecule has 0 unspecified atom stereocenters. The number of carbonyl (C=O) groups excluding carboxylic acids is 3. The van der Waals surface area contributed by atoms with Crippen molar-refractivity contribution in [2.24, 2.45) is 5.73 Å². The summed E-state index contributed by atoms with van der Waals surface area (Å²) < 4.78 is 4.50. The van der Waals surface area contributed by atoms with Gasteiger partial charge in [0, 0.05) is 6.42 Å². The number of cyclic esters (lactones) is 2. The van der Waals surface area contributed by atoms with Gasteiger partial charge in [-0.3, -0.25) is 4.79 Å². The molecule has 2 rings (SSSR count). The lowest BCUT2D eigenvalue weighted by Crippen LogP contribution is -2.08. The first-order chi connectivity index (χ1) is 8.09. The van der Waals surface area contributed by atoms with Gasteiger partial charge in [0.15, 0.2) is 0 Å². The number of benzene rings is 1. The predicted octanol–water partition coefficient (Wildman–Crippen LogP) is 0.886. The Labute approximate surface area is 96.9 Å². The van der Waals surface area contributed by atoms with Gasteiger partial charge in [0.1, 0.15) is 0 Å². The molecule has 1 aliphatic heterocycles. The summed E-state index contributed by atoms with van der Waals surface area (Å²) in [5, 5.41) is 0. The van der Waals surface area contributed by atoms with Crippen LogP contribution < -0.4 is 5.73 Å². The molecule has 1 aliphatic rings. The van der Waals surface area contributed by atoms with Gasteiger partial charge < -0.3 is 10.5 Å². The van der Waals surface area contributed by atoms with Gasteiger partial charge in [-0.1, -0.05) is 24.3 Å². The fourth-order valence-corrected chi connectivity index (χ4v) is 1.60. The molecule has 0 atom stereocenters. The average Bonchev–Trinajstić information content (AvgIpc) is 2.55. The fraction of sp³-hybridized carbons (Fsp3) is 0.0833. The number of nitrogens with two attached hydrogens (primary N) is 1. The van der Waals surface area contributed by atoms with Crippen molar-refractivity contribution in [2.45, 2.75) is 6.42 Å². The van der Waals surface area contributed by atoms with E-state index in [-0.39, 0.29) is 17.5 Å². The van der Waals surface area contributed by atoms with Gasteiger partial charge in [0.05, 0.1) is 11.1 Å². The van der Waals surface area contributed by atoms with Gasteiger partial charge in [-0.15, -0.1) is 0 Å². The molecule has 0 bridgehead atoms. The van der Waals surface area contributed by atoms with Gasteiger partial charge >= 0.3 is 11.9 Å². The van der Waals surface area contributed by atoms with Crippen LogP contribution in [0.5, 0.6) is 0 Å². The van der Waals surface area contributed by atoms with Crippen LogP contribution in [0.15, 0.2) is 24.3 Å². The van der Waals surface area contributed by atoms with E-state index in [2.05, 4.69) is 4.74 Å². The highest BCUT2D eigenvalue weighted by atomic mass is 16.6. The van der Waals surface area contributed by atoms with E-state index in [9.17, 15) is 14.4 Å². The lowest BCUT2D eigenvalue weighted by Gasteiger charge is -1.98.